The van der Waals surface area contributed by atoms with E-state index >= 15 is 0 Å². The van der Waals surface area contributed by atoms with Crippen LogP contribution < -0.4 is 5.32 Å². The first kappa shape index (κ1) is 15.0. The second kappa shape index (κ2) is 6.04. The topological polar surface area (TPSA) is 51.2 Å². The molecule has 1 heterocycles. The van der Waals surface area contributed by atoms with E-state index in [9.17, 15) is 9.18 Å². The van der Waals surface area contributed by atoms with Crippen LogP contribution in [0.4, 0.5) is 15.8 Å². The Morgan fingerprint density at radius 3 is 2.57 bits per heavy atom. The van der Waals surface area contributed by atoms with Crippen molar-refractivity contribution in [1.29, 1.82) is 0 Å². The van der Waals surface area contributed by atoms with Crippen LogP contribution in [0.5, 0.6) is 0 Å². The van der Waals surface area contributed by atoms with Crippen LogP contribution in [0, 0.1) is 12.7 Å². The van der Waals surface area contributed by atoms with E-state index in [0.717, 1.165) is 11.3 Å². The zero-order valence-corrected chi connectivity index (χ0v) is 12.8. The van der Waals surface area contributed by atoms with Crippen LogP contribution in [-0.4, -0.2) is 18.1 Å². The van der Waals surface area contributed by atoms with Crippen LogP contribution in [0.1, 0.15) is 15.9 Å². The van der Waals surface area contributed by atoms with Crippen molar-refractivity contribution >= 4 is 28.2 Å². The molecule has 0 unspecified atom stereocenters. The number of halogens is 1. The number of methoxy groups -OCH3 is 1. The van der Waals surface area contributed by atoms with E-state index in [4.69, 9.17) is 0 Å². The Balaban J connectivity index is 1.99. The summed E-state index contributed by atoms with van der Waals surface area (Å²) in [6.07, 6.45) is 1.64. The van der Waals surface area contributed by atoms with Crippen LogP contribution in [-0.2, 0) is 4.74 Å². The van der Waals surface area contributed by atoms with Gasteiger partial charge in [0.15, 0.2) is 0 Å². The maximum absolute atomic E-state index is 14.2. The summed E-state index contributed by atoms with van der Waals surface area (Å²) in [7, 11) is 1.34. The van der Waals surface area contributed by atoms with Crippen LogP contribution >= 0.6 is 0 Å². The molecule has 0 radical (unpaired) electrons. The Labute approximate surface area is 132 Å². The highest BCUT2D eigenvalue weighted by Gasteiger charge is 2.10. The average molecular weight is 310 g/mol. The van der Waals surface area contributed by atoms with Gasteiger partial charge in [0, 0.05) is 11.9 Å². The summed E-state index contributed by atoms with van der Waals surface area (Å²) < 4.78 is 18.9. The minimum atomic E-state index is -0.396. The number of aromatic nitrogens is 1. The van der Waals surface area contributed by atoms with Crippen molar-refractivity contribution in [3.05, 3.63) is 65.6 Å². The molecule has 0 amide bonds. The number of pyridine rings is 1. The second-order valence-corrected chi connectivity index (χ2v) is 5.14. The molecule has 116 valence electrons. The monoisotopic (exact) mass is 310 g/mol. The lowest BCUT2D eigenvalue weighted by Gasteiger charge is -2.11. The first-order valence-corrected chi connectivity index (χ1v) is 7.09. The zero-order valence-electron chi connectivity index (χ0n) is 12.8. The number of fused-ring (bicyclic) bond motifs is 1. The maximum Gasteiger partial charge on any atom is 0.337 e. The van der Waals surface area contributed by atoms with Crippen molar-refractivity contribution < 1.29 is 13.9 Å². The van der Waals surface area contributed by atoms with Crippen molar-refractivity contribution in [2.75, 3.05) is 12.4 Å². The molecule has 0 saturated heterocycles. The van der Waals surface area contributed by atoms with Gasteiger partial charge < -0.3 is 10.1 Å². The molecule has 0 fully saturated rings. The van der Waals surface area contributed by atoms with Gasteiger partial charge in [0.05, 0.1) is 29.3 Å². The molecule has 0 atom stereocenters. The van der Waals surface area contributed by atoms with Gasteiger partial charge in [0.2, 0.25) is 0 Å². The summed E-state index contributed by atoms with van der Waals surface area (Å²) in [5.74, 6) is -0.722. The molecule has 23 heavy (non-hydrogen) atoms. The van der Waals surface area contributed by atoms with E-state index in [1.807, 2.05) is 6.92 Å². The highest BCUT2D eigenvalue weighted by molar-refractivity contribution is 5.95. The van der Waals surface area contributed by atoms with E-state index in [0.29, 0.717) is 22.2 Å². The zero-order chi connectivity index (χ0) is 16.4. The first-order valence-electron chi connectivity index (χ1n) is 7.09. The number of aryl methyl sites for hydroxylation is 1. The molecular weight excluding hydrogens is 295 g/mol. The second-order valence-electron chi connectivity index (χ2n) is 5.14. The Bertz CT molecular complexity index is 876. The Morgan fingerprint density at radius 1 is 1.13 bits per heavy atom. The third-order valence-electron chi connectivity index (χ3n) is 3.63. The van der Waals surface area contributed by atoms with E-state index in [1.54, 1.807) is 42.6 Å². The molecule has 1 N–H and O–H groups in total. The number of nitrogens with zero attached hydrogens (tertiary/aromatic N) is 1. The summed E-state index contributed by atoms with van der Waals surface area (Å²) in [6.45, 7) is 1.89. The molecule has 4 nitrogen and oxygen atoms in total. The standard InChI is InChI=1S/C18H15FN2O2/c1-11-3-8-14(19)16-15(9-10-20-17(11)16)21-13-6-4-12(5-7-13)18(22)23-2/h3-10H,1-2H3,(H,20,21). The van der Waals surface area contributed by atoms with Gasteiger partial charge in [-0.2, -0.15) is 0 Å². The van der Waals surface area contributed by atoms with Crippen LogP contribution in [0.15, 0.2) is 48.7 Å². The first-order chi connectivity index (χ1) is 11.1. The van der Waals surface area contributed by atoms with Gasteiger partial charge in [-0.05, 0) is 48.9 Å². The molecule has 0 aliphatic rings. The minimum Gasteiger partial charge on any atom is -0.465 e. The number of carbonyl (C=O) groups excluding carboxylic acids is 1. The molecule has 0 aliphatic carbocycles. The smallest absolute Gasteiger partial charge is 0.337 e. The van der Waals surface area contributed by atoms with Gasteiger partial charge in [0.25, 0.3) is 0 Å². The number of carbonyl (C=O) groups is 1. The molecule has 1 aromatic heterocycles. The van der Waals surface area contributed by atoms with Gasteiger partial charge in [-0.15, -0.1) is 0 Å². The van der Waals surface area contributed by atoms with Gasteiger partial charge in [0.1, 0.15) is 5.82 Å². The average Bonchev–Trinajstić information content (AvgIpc) is 2.58. The van der Waals surface area contributed by atoms with E-state index in [2.05, 4.69) is 15.0 Å². The number of hydrogen-bond donors (Lipinski definition) is 1. The third kappa shape index (κ3) is 2.85. The normalized spacial score (nSPS) is 10.6. The van der Waals surface area contributed by atoms with E-state index in [-0.39, 0.29) is 5.82 Å². The van der Waals surface area contributed by atoms with Crippen LogP contribution in [0.25, 0.3) is 10.9 Å². The fraction of sp³-hybridized carbons (Fsp3) is 0.111. The van der Waals surface area contributed by atoms with Gasteiger partial charge in [-0.25, -0.2) is 9.18 Å². The summed E-state index contributed by atoms with van der Waals surface area (Å²) in [4.78, 5) is 15.7. The molecule has 0 bridgehead atoms. The number of ether oxygens (including phenoxy) is 1. The molecule has 5 heteroatoms. The summed E-state index contributed by atoms with van der Waals surface area (Å²) >= 11 is 0. The number of nitrogens with one attached hydrogen (secondary N) is 1. The molecule has 0 aliphatic heterocycles. The van der Waals surface area contributed by atoms with Crippen molar-refractivity contribution in [1.82, 2.24) is 4.98 Å². The van der Waals surface area contributed by atoms with Crippen LogP contribution in [0.3, 0.4) is 0 Å². The van der Waals surface area contributed by atoms with E-state index < -0.39 is 5.97 Å². The highest BCUT2D eigenvalue weighted by Crippen LogP contribution is 2.29. The predicted octanol–water partition coefficient (Wildman–Crippen LogP) is 4.21. The van der Waals surface area contributed by atoms with Gasteiger partial charge >= 0.3 is 5.97 Å². The molecule has 0 spiro atoms. The number of esters is 1. The molecule has 0 saturated carbocycles. The Hall–Kier alpha value is -2.95. The number of anilines is 2. The van der Waals surface area contributed by atoms with Crippen molar-refractivity contribution in [3.8, 4) is 0 Å². The predicted molar refractivity (Wildman–Crippen MR) is 87.5 cm³/mol. The minimum absolute atomic E-state index is 0.326. The third-order valence-corrected chi connectivity index (χ3v) is 3.63. The number of hydrogen-bond acceptors (Lipinski definition) is 4. The highest BCUT2D eigenvalue weighted by atomic mass is 19.1. The largest absolute Gasteiger partial charge is 0.465 e. The van der Waals surface area contributed by atoms with Crippen molar-refractivity contribution in [2.24, 2.45) is 0 Å². The summed E-state index contributed by atoms with van der Waals surface area (Å²) in [6, 6.07) is 11.7. The molecule has 3 rings (SSSR count). The Morgan fingerprint density at radius 2 is 1.87 bits per heavy atom. The summed E-state index contributed by atoms with van der Waals surface area (Å²) in [5.41, 5.74) is 3.36. The molecule has 2 aromatic carbocycles. The van der Waals surface area contributed by atoms with Crippen molar-refractivity contribution in [3.63, 3.8) is 0 Å². The SMILES string of the molecule is COC(=O)c1ccc(Nc2ccnc3c(C)ccc(F)c23)cc1. The maximum atomic E-state index is 14.2. The lowest BCUT2D eigenvalue weighted by molar-refractivity contribution is 0.0601. The van der Waals surface area contributed by atoms with E-state index in [1.165, 1.54) is 13.2 Å². The van der Waals surface area contributed by atoms with Gasteiger partial charge in [-0.3, -0.25) is 4.98 Å². The lowest BCUT2D eigenvalue weighted by atomic mass is 10.1. The quantitative estimate of drug-likeness (QED) is 0.736. The van der Waals surface area contributed by atoms with Gasteiger partial charge in [-0.1, -0.05) is 6.07 Å². The number of benzene rings is 2. The molecule has 3 aromatic rings. The lowest BCUT2D eigenvalue weighted by Crippen LogP contribution is -2.01. The fourth-order valence-corrected chi connectivity index (χ4v) is 2.43. The fourth-order valence-electron chi connectivity index (χ4n) is 2.43. The number of rotatable bonds is 3. The Kier molecular flexibility index (Phi) is 3.93. The molecular formula is C18H15FN2O2. The van der Waals surface area contributed by atoms with Crippen molar-refractivity contribution in [2.45, 2.75) is 6.92 Å². The van der Waals surface area contributed by atoms with Crippen LogP contribution in [0.2, 0.25) is 0 Å². The summed E-state index contributed by atoms with van der Waals surface area (Å²) in [5, 5.41) is 3.62.